The zero-order chi connectivity index (χ0) is 32.9. The fourth-order valence-electron chi connectivity index (χ4n) is 4.31. The summed E-state index contributed by atoms with van der Waals surface area (Å²) < 4.78 is 108. The number of guanidine groups is 1. The van der Waals surface area contributed by atoms with Crippen molar-refractivity contribution >= 4 is 28.0 Å². The van der Waals surface area contributed by atoms with Crippen molar-refractivity contribution in [3.63, 3.8) is 0 Å². The van der Waals surface area contributed by atoms with Gasteiger partial charge in [-0.15, -0.1) is 0 Å². The summed E-state index contributed by atoms with van der Waals surface area (Å²) in [5.41, 5.74) is -3.80. The van der Waals surface area contributed by atoms with Crippen molar-refractivity contribution in [1.82, 2.24) is 14.6 Å². The second-order valence-corrected chi connectivity index (χ2v) is 13.1. The molecule has 0 radical (unpaired) electrons. The summed E-state index contributed by atoms with van der Waals surface area (Å²) >= 11 is 0. The van der Waals surface area contributed by atoms with Crippen LogP contribution in [0.3, 0.4) is 0 Å². The predicted molar refractivity (Wildman–Crippen MR) is 148 cm³/mol. The molecule has 16 heteroatoms. The van der Waals surface area contributed by atoms with Crippen LogP contribution in [-0.2, 0) is 20.3 Å². The van der Waals surface area contributed by atoms with E-state index < -0.39 is 85.3 Å². The molecule has 0 fully saturated rings. The van der Waals surface area contributed by atoms with E-state index in [1.165, 1.54) is 25.1 Å². The summed E-state index contributed by atoms with van der Waals surface area (Å²) in [6.45, 7) is 6.96. The molecule has 2 N–H and O–H groups in total. The summed E-state index contributed by atoms with van der Waals surface area (Å²) in [5, 5.41) is 2.28. The first kappa shape index (κ1) is 32.4. The van der Waals surface area contributed by atoms with Gasteiger partial charge in [0.15, 0.2) is 11.6 Å². The second kappa shape index (κ2) is 11.2. The number of sulfonamides is 1. The normalized spacial score (nSPS) is 18.1. The molecule has 1 aromatic heterocycles. The minimum absolute atomic E-state index is 0.149. The third-order valence-electron chi connectivity index (χ3n) is 6.55. The first-order valence-corrected chi connectivity index (χ1v) is 14.5. The number of benzene rings is 2. The summed E-state index contributed by atoms with van der Waals surface area (Å²) in [7, 11) is -2.96. The van der Waals surface area contributed by atoms with E-state index in [1.54, 1.807) is 20.8 Å². The van der Waals surface area contributed by atoms with Crippen molar-refractivity contribution in [2.75, 3.05) is 12.8 Å². The Balaban J connectivity index is 1.67. The zero-order valence-electron chi connectivity index (χ0n) is 24.2. The molecule has 2 heterocycles. The number of carbonyl (C=O) groups is 2. The predicted octanol–water partition coefficient (Wildman–Crippen LogP) is 5.28. The maximum Gasteiger partial charge on any atom is 0.414 e. The number of alkyl carbamates (subject to hydrolysis) is 1. The lowest BCUT2D eigenvalue weighted by atomic mass is 9.92. The Hall–Kier alpha value is -4.47. The van der Waals surface area contributed by atoms with Crippen LogP contribution in [0.25, 0.3) is 11.3 Å². The van der Waals surface area contributed by atoms with Crippen molar-refractivity contribution in [1.29, 1.82) is 0 Å². The molecule has 1 aliphatic rings. The third kappa shape index (κ3) is 6.25. The molecule has 236 valence electrons. The number of aromatic amines is 1. The number of aromatic nitrogens is 1. The Morgan fingerprint density at radius 2 is 1.64 bits per heavy atom. The van der Waals surface area contributed by atoms with Crippen LogP contribution in [0, 0.1) is 36.0 Å². The topological polar surface area (TPSA) is 130 Å². The molecule has 0 aliphatic carbocycles. The summed E-state index contributed by atoms with van der Waals surface area (Å²) in [4.78, 5) is 31.9. The second-order valence-electron chi connectivity index (χ2n) is 11.1. The molecule has 1 unspecified atom stereocenters. The van der Waals surface area contributed by atoms with Crippen molar-refractivity contribution in [3.8, 4) is 17.0 Å². The SMILES string of the molecule is Cc1c(F)c(F)c(OC(=O)c2ccc(-c3ccc(F)c(C4(C)CS(=O)(=O)N(C)C(NC(=O)OC(C)(C)C)=N4)c3)[nH]2)c(F)c1F. The van der Waals surface area contributed by atoms with E-state index in [4.69, 9.17) is 4.74 Å². The average Bonchev–Trinajstić information content (AvgIpc) is 3.41. The highest BCUT2D eigenvalue weighted by Gasteiger charge is 2.43. The molecule has 10 nitrogen and oxygen atoms in total. The lowest BCUT2D eigenvalue weighted by Gasteiger charge is -2.36. The van der Waals surface area contributed by atoms with E-state index >= 15 is 4.39 Å². The molecule has 1 aliphatic heterocycles. The number of carbonyl (C=O) groups excluding carboxylic acids is 2. The van der Waals surface area contributed by atoms with E-state index in [2.05, 4.69) is 20.0 Å². The lowest BCUT2D eigenvalue weighted by Crippen LogP contribution is -2.54. The van der Waals surface area contributed by atoms with Crippen molar-refractivity contribution in [2.24, 2.45) is 4.99 Å². The number of rotatable bonds is 4. The minimum Gasteiger partial charge on any atom is -0.444 e. The molecular weight excluding hydrogens is 615 g/mol. The molecule has 44 heavy (non-hydrogen) atoms. The summed E-state index contributed by atoms with van der Waals surface area (Å²) in [6.07, 6.45) is -0.988. The van der Waals surface area contributed by atoms with Crippen molar-refractivity contribution in [3.05, 3.63) is 76.2 Å². The van der Waals surface area contributed by atoms with E-state index in [0.29, 0.717) is 0 Å². The number of nitrogens with one attached hydrogen (secondary N) is 2. The van der Waals surface area contributed by atoms with Gasteiger partial charge in [-0.2, -0.15) is 8.78 Å². The number of esters is 1. The van der Waals surface area contributed by atoms with Gasteiger partial charge in [0, 0.05) is 23.9 Å². The number of ether oxygens (including phenoxy) is 2. The van der Waals surface area contributed by atoms with Gasteiger partial charge in [-0.25, -0.2) is 40.5 Å². The largest absolute Gasteiger partial charge is 0.444 e. The van der Waals surface area contributed by atoms with Gasteiger partial charge < -0.3 is 14.5 Å². The standard InChI is InChI=1S/C28H27F5N4O6S/c1-13-19(30)21(32)23(22(33)20(13)31)42-24(38)18-10-9-17(34-18)14-7-8-16(29)15(11-14)28(5)12-44(40,41)37(6)25(36-28)35-26(39)43-27(2,3)4/h7-11,34H,12H2,1-6H3,(H,35,36,39). The van der Waals surface area contributed by atoms with Crippen LogP contribution < -0.4 is 10.1 Å². The van der Waals surface area contributed by atoms with E-state index in [9.17, 15) is 35.6 Å². The lowest BCUT2D eigenvalue weighted by molar-refractivity contribution is 0.0558. The van der Waals surface area contributed by atoms with Crippen LogP contribution in [-0.4, -0.2) is 54.1 Å². The van der Waals surface area contributed by atoms with Crippen LogP contribution in [0.5, 0.6) is 5.75 Å². The maximum atomic E-state index is 15.2. The van der Waals surface area contributed by atoms with Gasteiger partial charge in [0.1, 0.15) is 22.7 Å². The Morgan fingerprint density at radius 3 is 2.23 bits per heavy atom. The molecule has 0 spiro atoms. The van der Waals surface area contributed by atoms with Gasteiger partial charge in [-0.3, -0.25) is 5.32 Å². The van der Waals surface area contributed by atoms with Gasteiger partial charge in [0.2, 0.25) is 33.4 Å². The Kier molecular flexibility index (Phi) is 8.28. The number of H-pyrrole nitrogens is 1. The fraction of sp³-hybridized carbons (Fsp3) is 0.321. The van der Waals surface area contributed by atoms with E-state index in [-0.39, 0.29) is 22.5 Å². The van der Waals surface area contributed by atoms with E-state index in [1.807, 2.05) is 0 Å². The van der Waals surface area contributed by atoms with E-state index in [0.717, 1.165) is 30.4 Å². The third-order valence-corrected chi connectivity index (χ3v) is 8.48. The average molecular weight is 643 g/mol. The van der Waals surface area contributed by atoms with Crippen LogP contribution in [0.4, 0.5) is 26.7 Å². The van der Waals surface area contributed by atoms with Crippen LogP contribution in [0.2, 0.25) is 0 Å². The number of nitrogens with zero attached hydrogens (tertiary/aromatic N) is 2. The molecule has 0 saturated carbocycles. The summed E-state index contributed by atoms with van der Waals surface area (Å²) in [6, 6.07) is 6.04. The molecule has 2 aromatic carbocycles. The Labute approximate surface area is 248 Å². The first-order chi connectivity index (χ1) is 20.2. The summed E-state index contributed by atoms with van der Waals surface area (Å²) in [5.74, 6) is -12.1. The molecular formula is C28H27F5N4O6S. The van der Waals surface area contributed by atoms with Crippen molar-refractivity contribution in [2.45, 2.75) is 45.8 Å². The molecule has 4 rings (SSSR count). The minimum atomic E-state index is -4.12. The Morgan fingerprint density at radius 1 is 1.02 bits per heavy atom. The van der Waals surface area contributed by atoms with Crippen LogP contribution in [0.15, 0.2) is 35.3 Å². The first-order valence-electron chi connectivity index (χ1n) is 12.8. The zero-order valence-corrected chi connectivity index (χ0v) is 25.1. The highest BCUT2D eigenvalue weighted by molar-refractivity contribution is 7.89. The van der Waals surface area contributed by atoms with Gasteiger partial charge in [0.05, 0.1) is 5.75 Å². The molecule has 1 atom stereocenters. The van der Waals surface area contributed by atoms with Gasteiger partial charge in [0.25, 0.3) is 0 Å². The van der Waals surface area contributed by atoms with Crippen LogP contribution in [0.1, 0.15) is 49.3 Å². The molecule has 0 saturated heterocycles. The van der Waals surface area contributed by atoms with Crippen LogP contribution >= 0.6 is 0 Å². The Bertz CT molecular complexity index is 1790. The monoisotopic (exact) mass is 642 g/mol. The number of hydrogen-bond acceptors (Lipinski definition) is 7. The fourth-order valence-corrected chi connectivity index (χ4v) is 5.78. The molecule has 1 amide bonds. The highest BCUT2D eigenvalue weighted by atomic mass is 32.2. The van der Waals surface area contributed by atoms with Gasteiger partial charge in [-0.1, -0.05) is 0 Å². The molecule has 3 aromatic rings. The number of halogens is 5. The molecule has 0 bridgehead atoms. The smallest absolute Gasteiger partial charge is 0.414 e. The van der Waals surface area contributed by atoms with Crippen molar-refractivity contribution < 1.29 is 49.4 Å². The number of aliphatic imine (C=N–C) groups is 1. The quantitative estimate of drug-likeness (QED) is 0.173. The highest BCUT2D eigenvalue weighted by Crippen LogP contribution is 2.36. The van der Waals surface area contributed by atoms with Gasteiger partial charge in [-0.05, 0) is 70.5 Å². The number of hydrogen-bond donors (Lipinski definition) is 2. The maximum absolute atomic E-state index is 15.2. The van der Waals surface area contributed by atoms with Gasteiger partial charge >= 0.3 is 12.1 Å². The number of amides is 1.